The lowest BCUT2D eigenvalue weighted by Crippen LogP contribution is -2.04. The highest BCUT2D eigenvalue weighted by Gasteiger charge is 1.98. The van der Waals surface area contributed by atoms with Gasteiger partial charge in [0.15, 0.2) is 0 Å². The molecule has 1 unspecified atom stereocenters. The van der Waals surface area contributed by atoms with Crippen LogP contribution in [0.4, 0.5) is 0 Å². The molecule has 0 aliphatic rings. The normalized spacial score (nSPS) is 14.2. The van der Waals surface area contributed by atoms with Gasteiger partial charge in [-0.05, 0) is 56.7 Å². The third-order valence-electron chi connectivity index (χ3n) is 3.63. The Bertz CT molecular complexity index is 480. The summed E-state index contributed by atoms with van der Waals surface area (Å²) in [7, 11) is 0. The Morgan fingerprint density at radius 1 is 0.654 bits per heavy atom. The van der Waals surface area contributed by atoms with Crippen LogP contribution in [-0.4, -0.2) is 16.6 Å². The molecule has 0 spiro atoms. The van der Waals surface area contributed by atoms with Crippen molar-refractivity contribution >= 4 is 17.6 Å². The number of hydrogen-bond acceptors (Lipinski definition) is 2. The smallest absolute Gasteiger partial charge is 0.0585 e. The molecule has 0 aromatic rings. The summed E-state index contributed by atoms with van der Waals surface area (Å²) in [5.74, 6) is 0. The van der Waals surface area contributed by atoms with Crippen molar-refractivity contribution in [3.8, 4) is 0 Å². The standard InChI is InChI=1S/C24H36OS/c1-2-3-4-5-6-7-8-9-10-11-12-13-14-15-16-17-18-19-20-21-24(25)22-23-26/h3-4,6-7,9-10,12-13,15-16,18-19,23-25H,2,5,8,11,14,17,20-22H2,1H3/b4-3-,7-6-,10-9-,13-12-,16-15-,19-18-. The summed E-state index contributed by atoms with van der Waals surface area (Å²) < 4.78 is 0. The molecule has 1 atom stereocenters. The average molecular weight is 373 g/mol. The van der Waals surface area contributed by atoms with Crippen molar-refractivity contribution in [1.82, 2.24) is 0 Å². The van der Waals surface area contributed by atoms with Crippen LogP contribution in [0, 0.1) is 0 Å². The quantitative estimate of drug-likeness (QED) is 0.228. The van der Waals surface area contributed by atoms with Gasteiger partial charge in [0.25, 0.3) is 0 Å². The van der Waals surface area contributed by atoms with Crippen LogP contribution >= 0.6 is 12.2 Å². The fourth-order valence-corrected chi connectivity index (χ4v) is 2.38. The largest absolute Gasteiger partial charge is 0.393 e. The van der Waals surface area contributed by atoms with Gasteiger partial charge in [-0.15, -0.1) is 0 Å². The summed E-state index contributed by atoms with van der Waals surface area (Å²) in [6, 6.07) is 0. The van der Waals surface area contributed by atoms with Gasteiger partial charge < -0.3 is 5.11 Å². The van der Waals surface area contributed by atoms with Crippen LogP contribution in [0.15, 0.2) is 72.9 Å². The molecule has 0 aromatic carbocycles. The number of rotatable bonds is 16. The third kappa shape index (κ3) is 20.5. The van der Waals surface area contributed by atoms with Crippen LogP contribution in [0.3, 0.4) is 0 Å². The van der Waals surface area contributed by atoms with Gasteiger partial charge in [0, 0.05) is 6.42 Å². The second-order valence-electron chi connectivity index (χ2n) is 6.05. The molecule has 0 aromatic heterocycles. The first-order valence-corrected chi connectivity index (χ1v) is 10.3. The molecular formula is C24H36OS. The summed E-state index contributed by atoms with van der Waals surface area (Å²) in [5.41, 5.74) is 0. The SMILES string of the molecule is CC/C=C\C/C=C\C/C=C\C/C=C\C/C=C\C/C=C\CCC(O)CC=S. The van der Waals surface area contributed by atoms with Crippen molar-refractivity contribution in [2.75, 3.05) is 0 Å². The minimum Gasteiger partial charge on any atom is -0.393 e. The van der Waals surface area contributed by atoms with Gasteiger partial charge in [-0.3, -0.25) is 0 Å². The van der Waals surface area contributed by atoms with Crippen LogP contribution < -0.4 is 0 Å². The fraction of sp³-hybridized carbons (Fsp3) is 0.458. The van der Waals surface area contributed by atoms with Crippen LogP contribution in [0.2, 0.25) is 0 Å². The van der Waals surface area contributed by atoms with Gasteiger partial charge in [0.1, 0.15) is 0 Å². The molecule has 0 saturated heterocycles. The molecular weight excluding hydrogens is 336 g/mol. The maximum absolute atomic E-state index is 9.53. The molecule has 2 heteroatoms. The van der Waals surface area contributed by atoms with Crippen molar-refractivity contribution in [2.45, 2.75) is 70.8 Å². The molecule has 0 rings (SSSR count). The molecule has 1 nitrogen and oxygen atoms in total. The molecule has 0 radical (unpaired) electrons. The van der Waals surface area contributed by atoms with Crippen LogP contribution in [0.25, 0.3) is 0 Å². The zero-order chi connectivity index (χ0) is 19.1. The second-order valence-corrected chi connectivity index (χ2v) is 6.38. The Hall–Kier alpha value is -1.51. The van der Waals surface area contributed by atoms with E-state index in [1.165, 1.54) is 0 Å². The van der Waals surface area contributed by atoms with E-state index in [9.17, 15) is 5.11 Å². The van der Waals surface area contributed by atoms with Crippen molar-refractivity contribution < 1.29 is 5.11 Å². The molecule has 0 bridgehead atoms. The Morgan fingerprint density at radius 2 is 1.04 bits per heavy atom. The van der Waals surface area contributed by atoms with Gasteiger partial charge >= 0.3 is 0 Å². The van der Waals surface area contributed by atoms with Gasteiger partial charge in [-0.25, -0.2) is 0 Å². The molecule has 0 saturated carbocycles. The van der Waals surface area contributed by atoms with E-state index in [4.69, 9.17) is 12.2 Å². The van der Waals surface area contributed by atoms with Gasteiger partial charge in [0.2, 0.25) is 0 Å². The zero-order valence-electron chi connectivity index (χ0n) is 16.3. The number of hydrogen-bond donors (Lipinski definition) is 1. The van der Waals surface area contributed by atoms with Crippen molar-refractivity contribution in [3.05, 3.63) is 72.9 Å². The van der Waals surface area contributed by atoms with Gasteiger partial charge in [-0.2, -0.15) is 0 Å². The summed E-state index contributed by atoms with van der Waals surface area (Å²) in [4.78, 5) is 0. The number of aliphatic hydroxyl groups is 1. The van der Waals surface area contributed by atoms with E-state index in [2.05, 4.69) is 79.8 Å². The van der Waals surface area contributed by atoms with Crippen molar-refractivity contribution in [3.63, 3.8) is 0 Å². The molecule has 0 aliphatic heterocycles. The van der Waals surface area contributed by atoms with Crippen LogP contribution in [-0.2, 0) is 0 Å². The molecule has 0 amide bonds. The second kappa shape index (κ2) is 21.5. The van der Waals surface area contributed by atoms with Crippen molar-refractivity contribution in [1.29, 1.82) is 0 Å². The highest BCUT2D eigenvalue weighted by Crippen LogP contribution is 2.02. The molecule has 0 heterocycles. The van der Waals surface area contributed by atoms with E-state index >= 15 is 0 Å². The van der Waals surface area contributed by atoms with E-state index < -0.39 is 0 Å². The van der Waals surface area contributed by atoms with E-state index in [1.807, 2.05) is 0 Å². The van der Waals surface area contributed by atoms with Crippen molar-refractivity contribution in [2.24, 2.45) is 0 Å². The van der Waals surface area contributed by atoms with E-state index in [0.29, 0.717) is 6.42 Å². The summed E-state index contributed by atoms with van der Waals surface area (Å²) >= 11 is 4.73. The summed E-state index contributed by atoms with van der Waals surface area (Å²) in [6.45, 7) is 2.16. The molecule has 144 valence electrons. The maximum Gasteiger partial charge on any atom is 0.0585 e. The highest BCUT2D eigenvalue weighted by atomic mass is 32.1. The molecule has 1 N–H and O–H groups in total. The Labute approximate surface area is 166 Å². The van der Waals surface area contributed by atoms with Gasteiger partial charge in [-0.1, -0.05) is 92.1 Å². The molecule has 26 heavy (non-hydrogen) atoms. The minimum atomic E-state index is -0.286. The first-order chi connectivity index (χ1) is 12.8. The Balaban J connectivity index is 3.54. The van der Waals surface area contributed by atoms with Crippen LogP contribution in [0.1, 0.15) is 64.7 Å². The van der Waals surface area contributed by atoms with Crippen LogP contribution in [0.5, 0.6) is 0 Å². The lowest BCUT2D eigenvalue weighted by Gasteiger charge is -2.03. The first kappa shape index (κ1) is 24.5. The fourth-order valence-electron chi connectivity index (χ4n) is 2.16. The predicted molar refractivity (Wildman–Crippen MR) is 122 cm³/mol. The number of thiocarbonyl (C=S) groups is 1. The number of allylic oxidation sites excluding steroid dienone is 12. The van der Waals surface area contributed by atoms with E-state index in [1.54, 1.807) is 5.37 Å². The third-order valence-corrected chi connectivity index (χ3v) is 3.82. The molecule has 0 fully saturated rings. The Morgan fingerprint density at radius 3 is 1.42 bits per heavy atom. The predicted octanol–water partition coefficient (Wildman–Crippen LogP) is 7.22. The van der Waals surface area contributed by atoms with Gasteiger partial charge in [0.05, 0.1) is 6.10 Å². The van der Waals surface area contributed by atoms with E-state index in [0.717, 1.165) is 51.4 Å². The highest BCUT2D eigenvalue weighted by molar-refractivity contribution is 7.78. The zero-order valence-corrected chi connectivity index (χ0v) is 17.1. The lowest BCUT2D eigenvalue weighted by molar-refractivity contribution is 0.175. The topological polar surface area (TPSA) is 20.2 Å². The summed E-state index contributed by atoms with van der Waals surface area (Å²) in [5, 5.41) is 11.1. The maximum atomic E-state index is 9.53. The molecule has 0 aliphatic carbocycles. The minimum absolute atomic E-state index is 0.286. The first-order valence-electron chi connectivity index (χ1n) is 9.82. The average Bonchev–Trinajstić information content (AvgIpc) is 2.64. The lowest BCUT2D eigenvalue weighted by atomic mass is 10.1. The monoisotopic (exact) mass is 372 g/mol. The summed E-state index contributed by atoms with van der Waals surface area (Å²) in [6.07, 6.45) is 34.5. The van der Waals surface area contributed by atoms with E-state index in [-0.39, 0.29) is 6.10 Å². The number of aliphatic hydroxyl groups excluding tert-OH is 1. The Kier molecular flexibility index (Phi) is 20.3.